The summed E-state index contributed by atoms with van der Waals surface area (Å²) >= 11 is 0. The number of aliphatic hydroxyl groups is 1. The molecule has 2 N–H and O–H groups in total. The summed E-state index contributed by atoms with van der Waals surface area (Å²) < 4.78 is 7.14. The molecule has 1 aliphatic heterocycles. The van der Waals surface area contributed by atoms with Crippen LogP contribution in [0, 0.1) is 0 Å². The highest BCUT2D eigenvalue weighted by Gasteiger charge is 2.29. The van der Waals surface area contributed by atoms with E-state index in [0.717, 1.165) is 35.9 Å². The number of fused-ring (bicyclic) bond motifs is 1. The predicted octanol–water partition coefficient (Wildman–Crippen LogP) is 3.25. The maximum atomic E-state index is 12.6. The smallest absolute Gasteiger partial charge is 0.419 e. The molecule has 5 nitrogen and oxygen atoms in total. The summed E-state index contributed by atoms with van der Waals surface area (Å²) in [4.78, 5) is 12.6. The highest BCUT2D eigenvalue weighted by Crippen LogP contribution is 2.34. The lowest BCUT2D eigenvalue weighted by atomic mass is 9.85. The summed E-state index contributed by atoms with van der Waals surface area (Å²) in [6, 6.07) is 7.91. The van der Waals surface area contributed by atoms with Crippen molar-refractivity contribution in [2.45, 2.75) is 51.2 Å². The van der Waals surface area contributed by atoms with E-state index in [9.17, 15) is 9.90 Å². The molecular formula is C19H26N2O3. The Morgan fingerprint density at radius 3 is 2.83 bits per heavy atom. The van der Waals surface area contributed by atoms with E-state index in [1.807, 2.05) is 51.2 Å². The molecule has 2 heterocycles. The van der Waals surface area contributed by atoms with Crippen LogP contribution < -0.4 is 5.32 Å². The van der Waals surface area contributed by atoms with Gasteiger partial charge in [0.2, 0.25) is 0 Å². The molecule has 0 bridgehead atoms. The van der Waals surface area contributed by atoms with Crippen molar-refractivity contribution in [3.63, 3.8) is 0 Å². The van der Waals surface area contributed by atoms with Crippen molar-refractivity contribution in [2.75, 3.05) is 13.2 Å². The topological polar surface area (TPSA) is 63.5 Å². The van der Waals surface area contributed by atoms with E-state index in [1.54, 1.807) is 4.57 Å². The van der Waals surface area contributed by atoms with Gasteiger partial charge in [-0.1, -0.05) is 18.2 Å². The molecule has 0 radical (unpaired) electrons. The van der Waals surface area contributed by atoms with Crippen molar-refractivity contribution in [3.05, 3.63) is 36.0 Å². The van der Waals surface area contributed by atoms with Gasteiger partial charge in [0, 0.05) is 23.5 Å². The van der Waals surface area contributed by atoms with Crippen LogP contribution in [0.4, 0.5) is 4.79 Å². The van der Waals surface area contributed by atoms with Crippen LogP contribution in [-0.4, -0.2) is 40.6 Å². The van der Waals surface area contributed by atoms with E-state index in [2.05, 4.69) is 5.32 Å². The number of aromatic nitrogens is 1. The number of nitrogens with zero attached hydrogens (tertiary/aromatic N) is 1. The fourth-order valence-electron chi connectivity index (χ4n) is 3.48. The second-order valence-corrected chi connectivity index (χ2v) is 7.44. The lowest BCUT2D eigenvalue weighted by Gasteiger charge is -2.31. The first-order valence-electron chi connectivity index (χ1n) is 8.58. The number of ether oxygens (including phenoxy) is 1. The third-order valence-corrected chi connectivity index (χ3v) is 4.51. The molecule has 130 valence electrons. The average molecular weight is 330 g/mol. The molecule has 3 rings (SSSR count). The molecular weight excluding hydrogens is 304 g/mol. The fourth-order valence-corrected chi connectivity index (χ4v) is 3.48. The van der Waals surface area contributed by atoms with Gasteiger partial charge in [-0.05, 0) is 51.8 Å². The van der Waals surface area contributed by atoms with E-state index in [4.69, 9.17) is 4.74 Å². The van der Waals surface area contributed by atoms with Crippen molar-refractivity contribution < 1.29 is 14.6 Å². The fraction of sp³-hybridized carbons (Fsp3) is 0.526. The molecule has 24 heavy (non-hydrogen) atoms. The molecule has 1 aliphatic rings. The van der Waals surface area contributed by atoms with Gasteiger partial charge in [-0.3, -0.25) is 4.57 Å². The van der Waals surface area contributed by atoms with Gasteiger partial charge in [-0.25, -0.2) is 4.79 Å². The number of para-hydroxylation sites is 1. The van der Waals surface area contributed by atoms with Gasteiger partial charge in [-0.2, -0.15) is 0 Å². The second kappa shape index (κ2) is 6.57. The number of benzene rings is 1. The van der Waals surface area contributed by atoms with Gasteiger partial charge in [0.15, 0.2) is 0 Å². The first kappa shape index (κ1) is 17.0. The molecule has 5 heteroatoms. The summed E-state index contributed by atoms with van der Waals surface area (Å²) in [5.74, 6) is 0.192. The molecule has 0 spiro atoms. The summed E-state index contributed by atoms with van der Waals surface area (Å²) in [7, 11) is 0. The minimum atomic E-state index is -0.539. The Hall–Kier alpha value is -1.85. The molecule has 1 saturated heterocycles. The van der Waals surface area contributed by atoms with Crippen molar-refractivity contribution in [2.24, 2.45) is 0 Å². The van der Waals surface area contributed by atoms with Crippen LogP contribution in [0.25, 0.3) is 10.9 Å². The lowest BCUT2D eigenvalue weighted by Crippen LogP contribution is -2.42. The monoisotopic (exact) mass is 330 g/mol. The zero-order valence-corrected chi connectivity index (χ0v) is 14.6. The van der Waals surface area contributed by atoms with Crippen LogP contribution in [0.15, 0.2) is 30.5 Å². The minimum absolute atomic E-state index is 0.0247. The summed E-state index contributed by atoms with van der Waals surface area (Å²) in [5.41, 5.74) is 1.41. The molecule has 1 fully saturated rings. The summed E-state index contributed by atoms with van der Waals surface area (Å²) in [5, 5.41) is 14.1. The Balaban J connectivity index is 2.05. The van der Waals surface area contributed by atoms with Gasteiger partial charge >= 0.3 is 6.09 Å². The Labute approximate surface area is 142 Å². The highest BCUT2D eigenvalue weighted by atomic mass is 16.6. The summed E-state index contributed by atoms with van der Waals surface area (Å²) in [6.45, 7) is 6.61. The van der Waals surface area contributed by atoms with Gasteiger partial charge in [0.1, 0.15) is 5.60 Å². The number of aliphatic hydroxyl groups excluding tert-OH is 1. The first-order valence-corrected chi connectivity index (χ1v) is 8.58. The average Bonchev–Trinajstić information content (AvgIpc) is 2.93. The molecule has 1 aromatic heterocycles. The highest BCUT2D eigenvalue weighted by molar-refractivity contribution is 5.92. The van der Waals surface area contributed by atoms with Crippen LogP contribution in [0.2, 0.25) is 0 Å². The largest absolute Gasteiger partial charge is 0.443 e. The molecule has 2 aromatic rings. The van der Waals surface area contributed by atoms with E-state index in [-0.39, 0.29) is 24.7 Å². The molecule has 1 aromatic carbocycles. The van der Waals surface area contributed by atoms with Crippen LogP contribution >= 0.6 is 0 Å². The zero-order chi connectivity index (χ0) is 17.3. The third-order valence-electron chi connectivity index (χ3n) is 4.51. The Bertz CT molecular complexity index is 730. The maximum Gasteiger partial charge on any atom is 0.419 e. The van der Waals surface area contributed by atoms with Crippen LogP contribution in [0.5, 0.6) is 0 Å². The van der Waals surface area contributed by atoms with Crippen molar-refractivity contribution in [1.29, 1.82) is 0 Å². The van der Waals surface area contributed by atoms with E-state index >= 15 is 0 Å². The third kappa shape index (κ3) is 3.32. The Kier molecular flexibility index (Phi) is 4.65. The van der Waals surface area contributed by atoms with Crippen molar-refractivity contribution >= 4 is 17.0 Å². The van der Waals surface area contributed by atoms with E-state index in [0.29, 0.717) is 0 Å². The van der Waals surface area contributed by atoms with Crippen LogP contribution in [0.3, 0.4) is 0 Å². The zero-order valence-electron chi connectivity index (χ0n) is 14.6. The minimum Gasteiger partial charge on any atom is -0.443 e. The van der Waals surface area contributed by atoms with Crippen LogP contribution in [0.1, 0.15) is 45.1 Å². The van der Waals surface area contributed by atoms with Gasteiger partial charge < -0.3 is 15.2 Å². The van der Waals surface area contributed by atoms with E-state index < -0.39 is 5.60 Å². The maximum absolute atomic E-state index is 12.6. The molecule has 2 atom stereocenters. The lowest BCUT2D eigenvalue weighted by molar-refractivity contribution is 0.0544. The van der Waals surface area contributed by atoms with Gasteiger partial charge in [0.25, 0.3) is 0 Å². The predicted molar refractivity (Wildman–Crippen MR) is 94.4 cm³/mol. The van der Waals surface area contributed by atoms with E-state index in [1.165, 1.54) is 0 Å². The number of hydrogen-bond acceptors (Lipinski definition) is 4. The molecule has 0 unspecified atom stereocenters. The summed E-state index contributed by atoms with van der Waals surface area (Å²) in [6.07, 6.45) is 3.58. The number of carbonyl (C=O) groups is 1. The Morgan fingerprint density at radius 1 is 1.38 bits per heavy atom. The number of carbonyl (C=O) groups excluding carboxylic acids is 1. The molecule has 0 aliphatic carbocycles. The molecule has 0 saturated carbocycles. The number of piperidine rings is 1. The van der Waals surface area contributed by atoms with Crippen molar-refractivity contribution in [3.8, 4) is 0 Å². The molecule has 0 amide bonds. The first-order chi connectivity index (χ1) is 11.4. The van der Waals surface area contributed by atoms with Gasteiger partial charge in [-0.15, -0.1) is 0 Å². The SMILES string of the molecule is CC(C)(C)OC(=O)n1cc([C@H]2CCCN[C@@H]2CO)c2ccccc21. The quantitative estimate of drug-likeness (QED) is 0.887. The standard InChI is InChI=1S/C19H26N2O3/c1-19(2,3)24-18(23)21-11-15(14-7-4-5-9-17(14)21)13-8-6-10-20-16(13)12-22/h4-5,7,9,11,13,16,20,22H,6,8,10,12H2,1-3H3/t13-,16-/m1/s1. The normalized spacial score (nSPS) is 21.8. The number of rotatable bonds is 2. The van der Waals surface area contributed by atoms with Crippen molar-refractivity contribution in [1.82, 2.24) is 9.88 Å². The Morgan fingerprint density at radius 2 is 2.12 bits per heavy atom. The number of hydrogen-bond donors (Lipinski definition) is 2. The van der Waals surface area contributed by atoms with Crippen LogP contribution in [-0.2, 0) is 4.74 Å². The van der Waals surface area contributed by atoms with Gasteiger partial charge in [0.05, 0.1) is 12.1 Å². The second-order valence-electron chi connectivity index (χ2n) is 7.44. The number of nitrogens with one attached hydrogen (secondary N) is 1.